The normalized spacial score (nSPS) is 12.5. The van der Waals surface area contributed by atoms with Crippen molar-refractivity contribution in [2.24, 2.45) is 0 Å². The number of pyridine rings is 1. The smallest absolute Gasteiger partial charge is 0.231 e. The van der Waals surface area contributed by atoms with Crippen LogP contribution in [0, 0.1) is 0 Å². The number of thiophene rings is 1. The summed E-state index contributed by atoms with van der Waals surface area (Å²) in [6.45, 7) is 0.289. The summed E-state index contributed by atoms with van der Waals surface area (Å²) < 4.78 is 11.7. The lowest BCUT2D eigenvalue weighted by atomic mass is 10.1. The molecular formula is C22H16N6O2S. The van der Waals surface area contributed by atoms with Gasteiger partial charge in [-0.05, 0) is 48.2 Å². The molecule has 0 unspecified atom stereocenters. The fourth-order valence-electron chi connectivity index (χ4n) is 3.54. The quantitative estimate of drug-likeness (QED) is 0.443. The number of rotatable bonds is 5. The first-order valence-corrected chi connectivity index (χ1v) is 10.6. The van der Waals surface area contributed by atoms with Gasteiger partial charge in [-0.1, -0.05) is 6.07 Å². The van der Waals surface area contributed by atoms with Gasteiger partial charge in [-0.15, -0.1) is 11.3 Å². The molecule has 5 heterocycles. The first-order valence-electron chi connectivity index (χ1n) is 9.78. The van der Waals surface area contributed by atoms with E-state index in [0.717, 1.165) is 50.3 Å². The maximum absolute atomic E-state index is 5.44. The zero-order valence-electron chi connectivity index (χ0n) is 16.3. The summed E-state index contributed by atoms with van der Waals surface area (Å²) in [6, 6.07) is 9.97. The van der Waals surface area contributed by atoms with E-state index in [0.29, 0.717) is 11.8 Å². The Morgan fingerprint density at radius 1 is 0.903 bits per heavy atom. The van der Waals surface area contributed by atoms with Crippen LogP contribution in [0.5, 0.6) is 11.5 Å². The average molecular weight is 428 g/mol. The van der Waals surface area contributed by atoms with Gasteiger partial charge in [0, 0.05) is 24.0 Å². The zero-order chi connectivity index (χ0) is 20.6. The van der Waals surface area contributed by atoms with Crippen molar-refractivity contribution in [2.75, 3.05) is 12.1 Å². The van der Waals surface area contributed by atoms with Gasteiger partial charge in [0.2, 0.25) is 12.7 Å². The Hall–Kier alpha value is -3.85. The number of fused-ring (bicyclic) bond motifs is 4. The van der Waals surface area contributed by atoms with Crippen molar-refractivity contribution in [2.45, 2.75) is 12.8 Å². The van der Waals surface area contributed by atoms with E-state index in [1.54, 1.807) is 23.9 Å². The Labute approximate surface area is 181 Å². The third kappa shape index (κ3) is 3.38. The molecule has 0 atom stereocenters. The van der Waals surface area contributed by atoms with Gasteiger partial charge in [0.1, 0.15) is 11.2 Å². The van der Waals surface area contributed by atoms with E-state index in [-0.39, 0.29) is 6.79 Å². The highest BCUT2D eigenvalue weighted by atomic mass is 32.1. The zero-order valence-corrected chi connectivity index (χ0v) is 17.1. The number of anilines is 2. The van der Waals surface area contributed by atoms with Crippen LogP contribution in [-0.2, 0) is 12.8 Å². The molecule has 0 saturated heterocycles. The number of nitrogens with zero attached hydrogens (tertiary/aromatic N) is 5. The van der Waals surface area contributed by atoms with Crippen molar-refractivity contribution in [1.29, 1.82) is 0 Å². The summed E-state index contributed by atoms with van der Waals surface area (Å²) in [5.74, 6) is 2.79. The molecule has 1 N–H and O–H groups in total. The van der Waals surface area contributed by atoms with Crippen molar-refractivity contribution in [1.82, 2.24) is 24.9 Å². The highest BCUT2D eigenvalue weighted by molar-refractivity contribution is 7.25. The van der Waals surface area contributed by atoms with Crippen molar-refractivity contribution in [3.63, 3.8) is 0 Å². The van der Waals surface area contributed by atoms with Gasteiger partial charge in [-0.2, -0.15) is 0 Å². The number of aryl methyl sites for hydroxylation is 2. The molecule has 6 rings (SSSR count). The van der Waals surface area contributed by atoms with Crippen LogP contribution in [-0.4, -0.2) is 31.7 Å². The van der Waals surface area contributed by atoms with Gasteiger partial charge in [-0.3, -0.25) is 0 Å². The van der Waals surface area contributed by atoms with E-state index >= 15 is 0 Å². The molecule has 4 aromatic heterocycles. The number of ether oxygens (including phenoxy) is 2. The minimum Gasteiger partial charge on any atom is -0.454 e. The largest absolute Gasteiger partial charge is 0.454 e. The van der Waals surface area contributed by atoms with E-state index < -0.39 is 0 Å². The van der Waals surface area contributed by atoms with E-state index in [4.69, 9.17) is 9.47 Å². The molecule has 0 bridgehead atoms. The van der Waals surface area contributed by atoms with Crippen LogP contribution in [0.4, 0.5) is 11.8 Å². The van der Waals surface area contributed by atoms with Crippen molar-refractivity contribution >= 4 is 43.5 Å². The van der Waals surface area contributed by atoms with Crippen molar-refractivity contribution in [3.8, 4) is 11.5 Å². The molecule has 0 saturated carbocycles. The maximum atomic E-state index is 5.44. The lowest BCUT2D eigenvalue weighted by Crippen LogP contribution is -2.01. The SMILES string of the molecule is c1cnc2sc3c(Nc4ncc(CCc5ccc6c(c5)OCO6)cn4)ncnc3c2c1. The van der Waals surface area contributed by atoms with Gasteiger partial charge in [0.25, 0.3) is 0 Å². The molecule has 5 aromatic rings. The summed E-state index contributed by atoms with van der Waals surface area (Å²) in [4.78, 5) is 23.1. The highest BCUT2D eigenvalue weighted by Crippen LogP contribution is 2.35. The van der Waals surface area contributed by atoms with Crippen LogP contribution in [0.2, 0.25) is 0 Å². The van der Waals surface area contributed by atoms with Gasteiger partial charge in [-0.25, -0.2) is 24.9 Å². The molecule has 1 aliphatic rings. The molecule has 1 aliphatic heterocycles. The molecular weight excluding hydrogens is 412 g/mol. The van der Waals surface area contributed by atoms with Crippen LogP contribution in [0.25, 0.3) is 20.4 Å². The minimum atomic E-state index is 0.289. The lowest BCUT2D eigenvalue weighted by Gasteiger charge is -2.06. The number of benzene rings is 1. The Kier molecular flexibility index (Phi) is 4.31. The fraction of sp³-hybridized carbons (Fsp3) is 0.136. The monoisotopic (exact) mass is 428 g/mol. The fourth-order valence-corrected chi connectivity index (χ4v) is 4.58. The predicted octanol–water partition coefficient (Wildman–Crippen LogP) is 4.29. The van der Waals surface area contributed by atoms with E-state index in [1.165, 1.54) is 5.56 Å². The summed E-state index contributed by atoms with van der Waals surface area (Å²) in [5, 5.41) is 4.24. The molecule has 0 amide bonds. The third-order valence-electron chi connectivity index (χ3n) is 5.10. The first kappa shape index (κ1) is 18.0. The highest BCUT2D eigenvalue weighted by Gasteiger charge is 2.14. The van der Waals surface area contributed by atoms with Gasteiger partial charge >= 0.3 is 0 Å². The van der Waals surface area contributed by atoms with Crippen LogP contribution in [0.15, 0.2) is 55.2 Å². The molecule has 0 radical (unpaired) electrons. The second-order valence-electron chi connectivity index (χ2n) is 7.09. The molecule has 31 heavy (non-hydrogen) atoms. The third-order valence-corrected chi connectivity index (χ3v) is 6.21. The Balaban J connectivity index is 1.18. The number of nitrogens with one attached hydrogen (secondary N) is 1. The summed E-state index contributed by atoms with van der Waals surface area (Å²) in [7, 11) is 0. The average Bonchev–Trinajstić information content (AvgIpc) is 3.43. The van der Waals surface area contributed by atoms with E-state index in [2.05, 4.69) is 36.3 Å². The summed E-state index contributed by atoms with van der Waals surface area (Å²) in [5.41, 5.74) is 3.13. The first-order chi connectivity index (χ1) is 15.3. The van der Waals surface area contributed by atoms with Gasteiger partial charge in [0.05, 0.1) is 10.2 Å². The predicted molar refractivity (Wildman–Crippen MR) is 118 cm³/mol. The summed E-state index contributed by atoms with van der Waals surface area (Å²) >= 11 is 1.55. The number of hydrogen-bond acceptors (Lipinski definition) is 9. The van der Waals surface area contributed by atoms with Crippen LogP contribution in [0.1, 0.15) is 11.1 Å². The number of aromatic nitrogens is 5. The standard InChI is InChI=1S/C22H16N6O2S/c1-2-15-18-19(31-21(15)23-7-1)20(27-11-26-18)28-22-24-9-14(10-25-22)4-3-13-5-6-16-17(8-13)30-12-29-16/h1-2,5-11H,3-4,12H2,(H,24,25,26,27,28). The lowest BCUT2D eigenvalue weighted by molar-refractivity contribution is 0.174. The Morgan fingerprint density at radius 2 is 1.77 bits per heavy atom. The maximum Gasteiger partial charge on any atom is 0.231 e. The Morgan fingerprint density at radius 3 is 2.71 bits per heavy atom. The van der Waals surface area contributed by atoms with E-state index in [9.17, 15) is 0 Å². The topological polar surface area (TPSA) is 94.9 Å². The Bertz CT molecular complexity index is 1400. The van der Waals surface area contributed by atoms with Crippen molar-refractivity contribution < 1.29 is 9.47 Å². The van der Waals surface area contributed by atoms with Crippen molar-refractivity contribution in [3.05, 3.63) is 66.4 Å². The molecule has 0 spiro atoms. The van der Waals surface area contributed by atoms with Crippen LogP contribution >= 0.6 is 11.3 Å². The second kappa shape index (κ2) is 7.44. The van der Waals surface area contributed by atoms with Crippen LogP contribution < -0.4 is 14.8 Å². The molecule has 1 aromatic carbocycles. The molecule has 152 valence electrons. The van der Waals surface area contributed by atoms with Crippen LogP contribution in [0.3, 0.4) is 0 Å². The summed E-state index contributed by atoms with van der Waals surface area (Å²) in [6.07, 6.45) is 8.71. The van der Waals surface area contributed by atoms with E-state index in [1.807, 2.05) is 36.7 Å². The molecule has 0 aliphatic carbocycles. The van der Waals surface area contributed by atoms with Gasteiger partial charge < -0.3 is 14.8 Å². The molecule has 9 heteroatoms. The minimum absolute atomic E-state index is 0.289. The molecule has 8 nitrogen and oxygen atoms in total. The molecule has 0 fully saturated rings. The second-order valence-corrected chi connectivity index (χ2v) is 8.08. The van der Waals surface area contributed by atoms with Gasteiger partial charge in [0.15, 0.2) is 17.3 Å². The number of hydrogen-bond donors (Lipinski definition) is 1.